The number of para-hydroxylation sites is 1. The molecule has 1 aromatic heterocycles. The van der Waals surface area contributed by atoms with Gasteiger partial charge in [-0.1, -0.05) is 56.1 Å². The van der Waals surface area contributed by atoms with E-state index in [0.29, 0.717) is 35.4 Å². The first-order valence-corrected chi connectivity index (χ1v) is 12.9. The van der Waals surface area contributed by atoms with Crippen molar-refractivity contribution in [1.29, 1.82) is 0 Å². The standard InChI is InChI=1S/C27H28Cl2N2O5S/c1-15(25(33)34)9-19-20(28)10-17(11-21(19)29)24(32)31-26-30-22(13-37-26)18-8-6-7-16(23(18)35-5)12-36-14-27(2,3)4/h6-11,13H,12,14H2,1-5H3,(H,33,34)(H,30,31,32)/b15-9+. The molecule has 0 aliphatic carbocycles. The molecule has 0 atom stereocenters. The van der Waals surface area contributed by atoms with Crippen molar-refractivity contribution in [3.63, 3.8) is 0 Å². The third kappa shape index (κ3) is 7.55. The highest BCUT2D eigenvalue weighted by molar-refractivity contribution is 7.14. The molecule has 0 spiro atoms. The van der Waals surface area contributed by atoms with Gasteiger partial charge < -0.3 is 14.6 Å². The second kappa shape index (κ2) is 12.1. The Morgan fingerprint density at radius 3 is 2.46 bits per heavy atom. The molecule has 0 saturated carbocycles. The summed E-state index contributed by atoms with van der Waals surface area (Å²) < 4.78 is 11.6. The topological polar surface area (TPSA) is 97.8 Å². The SMILES string of the molecule is COc1c(COCC(C)(C)C)cccc1-c1csc(NC(=O)c2cc(Cl)c(/C=C(\C)C(=O)O)c(Cl)c2)n1. The number of aromatic nitrogens is 1. The van der Waals surface area contributed by atoms with Crippen LogP contribution in [0.25, 0.3) is 17.3 Å². The van der Waals surface area contributed by atoms with Crippen molar-refractivity contribution in [2.75, 3.05) is 19.0 Å². The Balaban J connectivity index is 1.79. The number of rotatable bonds is 9. The molecule has 3 aromatic rings. The van der Waals surface area contributed by atoms with Gasteiger partial charge in [0, 0.05) is 33.2 Å². The number of nitrogens with zero attached hydrogens (tertiary/aromatic N) is 1. The van der Waals surface area contributed by atoms with E-state index in [0.717, 1.165) is 11.1 Å². The molecule has 7 nitrogen and oxygen atoms in total. The fourth-order valence-electron chi connectivity index (χ4n) is 3.36. The highest BCUT2D eigenvalue weighted by atomic mass is 35.5. The third-order valence-electron chi connectivity index (χ3n) is 5.13. The van der Waals surface area contributed by atoms with E-state index in [1.54, 1.807) is 7.11 Å². The number of halogens is 2. The van der Waals surface area contributed by atoms with Gasteiger partial charge in [0.1, 0.15) is 5.75 Å². The Hall–Kier alpha value is -2.91. The summed E-state index contributed by atoms with van der Waals surface area (Å²) in [5.41, 5.74) is 3.00. The number of hydrogen-bond donors (Lipinski definition) is 2. The predicted molar refractivity (Wildman–Crippen MR) is 149 cm³/mol. The van der Waals surface area contributed by atoms with Crippen LogP contribution in [0, 0.1) is 5.41 Å². The molecule has 0 radical (unpaired) electrons. The lowest BCUT2D eigenvalue weighted by molar-refractivity contribution is -0.132. The molecule has 2 aromatic carbocycles. The van der Waals surface area contributed by atoms with Crippen molar-refractivity contribution in [3.05, 3.63) is 68.0 Å². The summed E-state index contributed by atoms with van der Waals surface area (Å²) in [7, 11) is 1.60. The predicted octanol–water partition coefficient (Wildman–Crippen LogP) is 7.43. The summed E-state index contributed by atoms with van der Waals surface area (Å²) in [4.78, 5) is 28.5. The zero-order chi connectivity index (χ0) is 27.3. The van der Waals surface area contributed by atoms with Gasteiger partial charge >= 0.3 is 5.97 Å². The number of aliphatic carboxylic acids is 1. The van der Waals surface area contributed by atoms with Crippen molar-refractivity contribution in [1.82, 2.24) is 4.98 Å². The lowest BCUT2D eigenvalue weighted by Gasteiger charge is -2.19. The van der Waals surface area contributed by atoms with Crippen LogP contribution in [0.4, 0.5) is 5.13 Å². The lowest BCUT2D eigenvalue weighted by Crippen LogP contribution is -2.14. The van der Waals surface area contributed by atoms with E-state index in [1.807, 2.05) is 23.6 Å². The highest BCUT2D eigenvalue weighted by Gasteiger charge is 2.18. The maximum absolute atomic E-state index is 12.9. The van der Waals surface area contributed by atoms with E-state index in [2.05, 4.69) is 31.1 Å². The molecule has 10 heteroatoms. The van der Waals surface area contributed by atoms with Crippen LogP contribution in [0.5, 0.6) is 5.75 Å². The fraction of sp³-hybridized carbons (Fsp3) is 0.296. The number of methoxy groups -OCH3 is 1. The molecule has 0 aliphatic rings. The first-order valence-electron chi connectivity index (χ1n) is 11.3. The minimum absolute atomic E-state index is 0.0513. The van der Waals surface area contributed by atoms with Gasteiger partial charge in [0.25, 0.3) is 5.91 Å². The van der Waals surface area contributed by atoms with Crippen LogP contribution in [0.1, 0.15) is 49.2 Å². The minimum atomic E-state index is -1.09. The monoisotopic (exact) mass is 562 g/mol. The van der Waals surface area contributed by atoms with Crippen molar-refractivity contribution in [3.8, 4) is 17.0 Å². The number of nitrogens with one attached hydrogen (secondary N) is 1. The van der Waals surface area contributed by atoms with Crippen LogP contribution < -0.4 is 10.1 Å². The van der Waals surface area contributed by atoms with Gasteiger partial charge in [0.15, 0.2) is 5.13 Å². The molecule has 0 bridgehead atoms. The van der Waals surface area contributed by atoms with Gasteiger partial charge in [-0.3, -0.25) is 10.1 Å². The molecular weight excluding hydrogens is 535 g/mol. The normalized spacial score (nSPS) is 11.9. The Morgan fingerprint density at radius 1 is 1.19 bits per heavy atom. The van der Waals surface area contributed by atoms with Crippen molar-refractivity contribution >= 4 is 57.6 Å². The first kappa shape index (κ1) is 28.7. The van der Waals surface area contributed by atoms with Gasteiger partial charge in [-0.2, -0.15) is 0 Å². The second-order valence-electron chi connectivity index (χ2n) is 9.53. The van der Waals surface area contributed by atoms with E-state index in [9.17, 15) is 9.59 Å². The molecule has 1 heterocycles. The summed E-state index contributed by atoms with van der Waals surface area (Å²) in [6, 6.07) is 8.63. The van der Waals surface area contributed by atoms with Crippen LogP contribution >= 0.6 is 34.5 Å². The Bertz CT molecular complexity index is 1320. The number of carboxylic acid groups (broad SMARTS) is 1. The molecule has 37 heavy (non-hydrogen) atoms. The molecular formula is C27H28Cl2N2O5S. The van der Waals surface area contributed by atoms with E-state index in [-0.39, 0.29) is 26.6 Å². The fourth-order valence-corrected chi connectivity index (χ4v) is 4.67. The van der Waals surface area contributed by atoms with E-state index in [1.165, 1.54) is 36.5 Å². The van der Waals surface area contributed by atoms with Gasteiger partial charge in [0.05, 0.1) is 36.1 Å². The summed E-state index contributed by atoms with van der Waals surface area (Å²) in [5.74, 6) is -0.877. The highest BCUT2D eigenvalue weighted by Crippen LogP contribution is 2.36. The summed E-state index contributed by atoms with van der Waals surface area (Å²) in [6.07, 6.45) is 1.36. The summed E-state index contributed by atoms with van der Waals surface area (Å²) >= 11 is 13.8. The van der Waals surface area contributed by atoms with Crippen LogP contribution in [0.15, 0.2) is 41.3 Å². The third-order valence-corrected chi connectivity index (χ3v) is 6.52. The Kier molecular flexibility index (Phi) is 9.36. The smallest absolute Gasteiger partial charge is 0.331 e. The number of carbonyl (C=O) groups is 2. The minimum Gasteiger partial charge on any atom is -0.496 e. The largest absolute Gasteiger partial charge is 0.496 e. The Labute approximate surface area is 230 Å². The van der Waals surface area contributed by atoms with E-state index < -0.39 is 11.9 Å². The van der Waals surface area contributed by atoms with Crippen molar-refractivity contribution < 1.29 is 24.2 Å². The van der Waals surface area contributed by atoms with Crippen LogP contribution in [0.2, 0.25) is 10.0 Å². The average molecular weight is 564 g/mol. The molecule has 0 aliphatic heterocycles. The van der Waals surface area contributed by atoms with Crippen LogP contribution in [0.3, 0.4) is 0 Å². The van der Waals surface area contributed by atoms with Crippen molar-refractivity contribution in [2.24, 2.45) is 5.41 Å². The quantitative estimate of drug-likeness (QED) is 0.263. The first-order chi connectivity index (χ1) is 17.4. The lowest BCUT2D eigenvalue weighted by atomic mass is 9.99. The number of anilines is 1. The van der Waals surface area contributed by atoms with Gasteiger partial charge in [-0.05, 0) is 36.6 Å². The van der Waals surface area contributed by atoms with Crippen LogP contribution in [-0.4, -0.2) is 35.7 Å². The zero-order valence-corrected chi connectivity index (χ0v) is 23.5. The number of hydrogen-bond acceptors (Lipinski definition) is 6. The van der Waals surface area contributed by atoms with Gasteiger partial charge in [-0.25, -0.2) is 9.78 Å². The second-order valence-corrected chi connectivity index (χ2v) is 11.2. The number of carboxylic acids is 1. The number of benzene rings is 2. The Morgan fingerprint density at radius 2 is 1.86 bits per heavy atom. The van der Waals surface area contributed by atoms with Crippen LogP contribution in [-0.2, 0) is 16.1 Å². The maximum atomic E-state index is 12.9. The molecule has 3 rings (SSSR count). The summed E-state index contributed by atoms with van der Waals surface area (Å²) in [6.45, 7) is 8.77. The zero-order valence-electron chi connectivity index (χ0n) is 21.1. The van der Waals surface area contributed by atoms with E-state index >= 15 is 0 Å². The molecule has 196 valence electrons. The van der Waals surface area contributed by atoms with Gasteiger partial charge in [0.2, 0.25) is 0 Å². The maximum Gasteiger partial charge on any atom is 0.331 e. The molecule has 0 saturated heterocycles. The molecule has 1 amide bonds. The summed E-state index contributed by atoms with van der Waals surface area (Å²) in [5, 5.41) is 14.4. The molecule has 0 fully saturated rings. The number of carbonyl (C=O) groups excluding carboxylic acids is 1. The average Bonchev–Trinajstić information content (AvgIpc) is 3.28. The van der Waals surface area contributed by atoms with Gasteiger partial charge in [-0.15, -0.1) is 11.3 Å². The molecule has 0 unspecified atom stereocenters. The number of ether oxygens (including phenoxy) is 2. The number of thiazole rings is 1. The molecule has 2 N–H and O–H groups in total. The van der Waals surface area contributed by atoms with E-state index in [4.69, 9.17) is 37.8 Å². The number of amides is 1. The van der Waals surface area contributed by atoms with Crippen molar-refractivity contribution in [2.45, 2.75) is 34.3 Å².